The lowest BCUT2D eigenvalue weighted by Gasteiger charge is -2.32. The Hall–Kier alpha value is -0.0800. The predicted octanol–water partition coefficient (Wildman–Crippen LogP) is 0.675. The highest BCUT2D eigenvalue weighted by Gasteiger charge is 2.35. The molecule has 2 nitrogen and oxygen atoms in total. The molecule has 1 aliphatic heterocycles. The van der Waals surface area contributed by atoms with Crippen molar-refractivity contribution < 1.29 is 0 Å². The smallest absolute Gasteiger partial charge is 0.00448 e. The van der Waals surface area contributed by atoms with E-state index in [2.05, 4.69) is 11.9 Å². The number of likely N-dealkylation sites (tertiary alicyclic amines) is 1. The predicted molar refractivity (Wildman–Crippen MR) is 46.3 cm³/mol. The van der Waals surface area contributed by atoms with E-state index in [0.29, 0.717) is 6.04 Å². The molecule has 2 rings (SSSR count). The van der Waals surface area contributed by atoms with Gasteiger partial charge in [0.25, 0.3) is 0 Å². The monoisotopic (exact) mass is 154 g/mol. The topological polar surface area (TPSA) is 29.3 Å². The molecule has 0 aromatic heterocycles. The lowest BCUT2D eigenvalue weighted by Crippen LogP contribution is -2.35. The van der Waals surface area contributed by atoms with Crippen LogP contribution in [0.15, 0.2) is 0 Å². The number of fused-ring (bicyclic) bond motifs is 1. The molecule has 11 heavy (non-hydrogen) atoms. The molecule has 0 bridgehead atoms. The first kappa shape index (κ1) is 7.56. The lowest BCUT2D eigenvalue weighted by molar-refractivity contribution is 0.166. The summed E-state index contributed by atoms with van der Waals surface area (Å²) in [6, 6.07) is 0.511. The molecule has 3 atom stereocenters. The second-order valence-electron chi connectivity index (χ2n) is 4.30. The fourth-order valence-corrected chi connectivity index (χ4v) is 2.71. The van der Waals surface area contributed by atoms with Crippen LogP contribution in [0.4, 0.5) is 0 Å². The molecule has 0 radical (unpaired) electrons. The van der Waals surface area contributed by atoms with Crippen LogP contribution in [0.5, 0.6) is 0 Å². The van der Waals surface area contributed by atoms with Crippen LogP contribution in [0, 0.1) is 11.8 Å². The minimum atomic E-state index is 0.511. The number of rotatable bonds is 0. The normalized spacial score (nSPS) is 45.8. The first-order chi connectivity index (χ1) is 5.25. The number of nitrogens with zero attached hydrogens (tertiary/aromatic N) is 1. The highest BCUT2D eigenvalue weighted by atomic mass is 15.1. The van der Waals surface area contributed by atoms with Crippen molar-refractivity contribution >= 4 is 0 Å². The molecule has 1 heterocycles. The largest absolute Gasteiger partial charge is 0.328 e. The molecule has 1 unspecified atom stereocenters. The Labute approximate surface area is 68.7 Å². The van der Waals surface area contributed by atoms with Gasteiger partial charge in [-0.3, -0.25) is 0 Å². The minimum Gasteiger partial charge on any atom is -0.328 e. The summed E-state index contributed by atoms with van der Waals surface area (Å²) in [5.41, 5.74) is 5.92. The van der Waals surface area contributed by atoms with Crippen LogP contribution >= 0.6 is 0 Å². The molecular formula is C9H18N2. The van der Waals surface area contributed by atoms with Crippen molar-refractivity contribution in [3.8, 4) is 0 Å². The van der Waals surface area contributed by atoms with E-state index in [0.717, 1.165) is 11.8 Å². The Balaban J connectivity index is 1.97. The van der Waals surface area contributed by atoms with Gasteiger partial charge in [0.2, 0.25) is 0 Å². The van der Waals surface area contributed by atoms with Gasteiger partial charge in [0, 0.05) is 12.6 Å². The Kier molecular flexibility index (Phi) is 1.90. The minimum absolute atomic E-state index is 0.511. The number of hydrogen-bond donors (Lipinski definition) is 1. The molecule has 2 aliphatic rings. The van der Waals surface area contributed by atoms with Crippen LogP contribution in [-0.4, -0.2) is 31.1 Å². The Morgan fingerprint density at radius 3 is 2.82 bits per heavy atom. The summed E-state index contributed by atoms with van der Waals surface area (Å²) in [5, 5.41) is 0. The summed E-state index contributed by atoms with van der Waals surface area (Å²) < 4.78 is 0. The van der Waals surface area contributed by atoms with E-state index in [1.807, 2.05) is 0 Å². The molecular weight excluding hydrogens is 136 g/mol. The third-order valence-electron chi connectivity index (χ3n) is 3.31. The first-order valence-electron chi connectivity index (χ1n) is 4.70. The van der Waals surface area contributed by atoms with Gasteiger partial charge in [0.1, 0.15) is 0 Å². The average molecular weight is 154 g/mol. The van der Waals surface area contributed by atoms with Crippen molar-refractivity contribution in [1.82, 2.24) is 4.90 Å². The van der Waals surface area contributed by atoms with Crippen molar-refractivity contribution in [3.63, 3.8) is 0 Å². The molecule has 1 aliphatic carbocycles. The molecule has 0 aromatic carbocycles. The number of nitrogens with two attached hydrogens (primary N) is 1. The van der Waals surface area contributed by atoms with Gasteiger partial charge in [0.05, 0.1) is 0 Å². The fourth-order valence-electron chi connectivity index (χ4n) is 2.71. The van der Waals surface area contributed by atoms with Crippen LogP contribution in [0.1, 0.15) is 19.3 Å². The zero-order valence-corrected chi connectivity index (χ0v) is 7.29. The highest BCUT2D eigenvalue weighted by Crippen LogP contribution is 2.36. The van der Waals surface area contributed by atoms with E-state index in [4.69, 9.17) is 5.73 Å². The van der Waals surface area contributed by atoms with E-state index in [-0.39, 0.29) is 0 Å². The Bertz CT molecular complexity index is 146. The van der Waals surface area contributed by atoms with E-state index < -0.39 is 0 Å². The third-order valence-corrected chi connectivity index (χ3v) is 3.31. The highest BCUT2D eigenvalue weighted by molar-refractivity contribution is 4.89. The zero-order valence-electron chi connectivity index (χ0n) is 7.29. The van der Waals surface area contributed by atoms with Crippen molar-refractivity contribution in [2.75, 3.05) is 20.1 Å². The summed E-state index contributed by atoms with van der Waals surface area (Å²) in [4.78, 5) is 2.44. The standard InChI is InChI=1S/C9H18N2/c1-11-3-2-7-4-9(10)5-8(7)6-11/h7-9H,2-6,10H2,1H3/t7?,8-,9-/m1/s1. The van der Waals surface area contributed by atoms with E-state index >= 15 is 0 Å². The van der Waals surface area contributed by atoms with Gasteiger partial charge in [-0.05, 0) is 44.7 Å². The maximum Gasteiger partial charge on any atom is 0.00448 e. The number of piperidine rings is 1. The molecule has 1 saturated heterocycles. The van der Waals surface area contributed by atoms with E-state index in [1.54, 1.807) is 0 Å². The van der Waals surface area contributed by atoms with Gasteiger partial charge in [-0.1, -0.05) is 0 Å². The van der Waals surface area contributed by atoms with Crippen molar-refractivity contribution in [3.05, 3.63) is 0 Å². The lowest BCUT2D eigenvalue weighted by atomic mass is 9.89. The zero-order chi connectivity index (χ0) is 7.84. The average Bonchev–Trinajstić information content (AvgIpc) is 2.27. The summed E-state index contributed by atoms with van der Waals surface area (Å²) in [5.74, 6) is 1.88. The molecule has 2 N–H and O–H groups in total. The van der Waals surface area contributed by atoms with Gasteiger partial charge in [0.15, 0.2) is 0 Å². The van der Waals surface area contributed by atoms with Crippen LogP contribution in [0.2, 0.25) is 0 Å². The van der Waals surface area contributed by atoms with Gasteiger partial charge < -0.3 is 10.6 Å². The SMILES string of the molecule is CN1CCC2C[C@@H](N)C[C@@H]2C1. The van der Waals surface area contributed by atoms with Crippen molar-refractivity contribution in [2.24, 2.45) is 17.6 Å². The fraction of sp³-hybridized carbons (Fsp3) is 1.00. The van der Waals surface area contributed by atoms with Crippen molar-refractivity contribution in [2.45, 2.75) is 25.3 Å². The summed E-state index contributed by atoms with van der Waals surface area (Å²) in [6.07, 6.45) is 3.95. The maximum atomic E-state index is 5.92. The Morgan fingerprint density at radius 2 is 2.00 bits per heavy atom. The Morgan fingerprint density at radius 1 is 1.27 bits per heavy atom. The summed E-state index contributed by atoms with van der Waals surface area (Å²) >= 11 is 0. The van der Waals surface area contributed by atoms with Crippen LogP contribution in [0.25, 0.3) is 0 Å². The van der Waals surface area contributed by atoms with Gasteiger partial charge in [-0.15, -0.1) is 0 Å². The van der Waals surface area contributed by atoms with Crippen molar-refractivity contribution in [1.29, 1.82) is 0 Å². The summed E-state index contributed by atoms with van der Waals surface area (Å²) in [7, 11) is 2.22. The summed E-state index contributed by atoms with van der Waals surface area (Å²) in [6.45, 7) is 2.58. The van der Waals surface area contributed by atoms with Crippen LogP contribution in [0.3, 0.4) is 0 Å². The van der Waals surface area contributed by atoms with Gasteiger partial charge >= 0.3 is 0 Å². The molecule has 0 amide bonds. The number of hydrogen-bond acceptors (Lipinski definition) is 2. The van der Waals surface area contributed by atoms with Gasteiger partial charge in [-0.2, -0.15) is 0 Å². The first-order valence-corrected chi connectivity index (χ1v) is 4.70. The van der Waals surface area contributed by atoms with Crippen LogP contribution in [-0.2, 0) is 0 Å². The maximum absolute atomic E-state index is 5.92. The quantitative estimate of drug-likeness (QED) is 0.556. The molecule has 0 spiro atoms. The molecule has 2 fully saturated rings. The van der Waals surface area contributed by atoms with Gasteiger partial charge in [-0.25, -0.2) is 0 Å². The second-order valence-corrected chi connectivity index (χ2v) is 4.30. The molecule has 1 saturated carbocycles. The third kappa shape index (κ3) is 1.42. The van der Waals surface area contributed by atoms with Crippen LogP contribution < -0.4 is 5.73 Å². The second kappa shape index (κ2) is 2.76. The molecule has 64 valence electrons. The molecule has 0 aromatic rings. The van der Waals surface area contributed by atoms with E-state index in [1.165, 1.54) is 32.4 Å². The molecule has 2 heteroatoms. The van der Waals surface area contributed by atoms with E-state index in [9.17, 15) is 0 Å².